The largest absolute Gasteiger partial charge is 0.497 e. The van der Waals surface area contributed by atoms with Crippen LogP contribution in [0.1, 0.15) is 17.4 Å². The van der Waals surface area contributed by atoms with E-state index in [9.17, 15) is 4.79 Å². The monoisotopic (exact) mass is 261 g/mol. The van der Waals surface area contributed by atoms with Crippen LogP contribution in [0.3, 0.4) is 0 Å². The van der Waals surface area contributed by atoms with E-state index in [0.29, 0.717) is 11.3 Å². The molecule has 0 spiro atoms. The van der Waals surface area contributed by atoms with Crippen molar-refractivity contribution in [2.45, 2.75) is 6.92 Å². The third-order valence-corrected chi connectivity index (χ3v) is 2.63. The number of H-pyrrole nitrogens is 1. The first-order valence-electron chi connectivity index (χ1n) is 5.82. The molecule has 2 rings (SSSR count). The predicted octanol–water partition coefficient (Wildman–Crippen LogP) is 1.84. The number of nitrogens with one attached hydrogen (secondary N) is 1. The Kier molecular flexibility index (Phi) is 3.70. The number of rotatable bonds is 4. The number of aromatic amines is 1. The fraction of sp³-hybridized carbons (Fsp3) is 0.231. The van der Waals surface area contributed by atoms with E-state index in [1.165, 1.54) is 0 Å². The van der Waals surface area contributed by atoms with Crippen molar-refractivity contribution in [3.05, 3.63) is 30.0 Å². The Labute approximate surface area is 110 Å². The Balaban J connectivity index is 2.48. The number of nitrogens with zero attached hydrogens (tertiary/aromatic N) is 1. The number of anilines is 1. The third kappa shape index (κ3) is 2.52. The zero-order valence-electron chi connectivity index (χ0n) is 10.8. The van der Waals surface area contributed by atoms with E-state index in [2.05, 4.69) is 10.2 Å². The molecule has 0 amide bonds. The topological polar surface area (TPSA) is 90.2 Å². The summed E-state index contributed by atoms with van der Waals surface area (Å²) in [6.45, 7) is 2.03. The van der Waals surface area contributed by atoms with Crippen LogP contribution in [0.5, 0.6) is 5.75 Å². The Morgan fingerprint density at radius 1 is 1.47 bits per heavy atom. The van der Waals surface area contributed by atoms with E-state index in [1.807, 2.05) is 18.2 Å². The molecular weight excluding hydrogens is 246 g/mol. The molecule has 0 unspecified atom stereocenters. The van der Waals surface area contributed by atoms with Gasteiger partial charge in [-0.3, -0.25) is 5.10 Å². The summed E-state index contributed by atoms with van der Waals surface area (Å²) in [5.41, 5.74) is 7.32. The second kappa shape index (κ2) is 5.43. The van der Waals surface area contributed by atoms with Crippen LogP contribution in [-0.4, -0.2) is 29.9 Å². The molecule has 2 aromatic rings. The number of carbonyl (C=O) groups is 1. The average molecular weight is 261 g/mol. The van der Waals surface area contributed by atoms with Gasteiger partial charge in [-0.2, -0.15) is 5.10 Å². The van der Waals surface area contributed by atoms with Crippen molar-refractivity contribution < 1.29 is 14.3 Å². The smallest absolute Gasteiger partial charge is 0.357 e. The number of carbonyl (C=O) groups excluding carboxylic acids is 1. The molecule has 0 aliphatic carbocycles. The number of nitrogen functional groups attached to an aromatic ring is 1. The molecule has 6 nitrogen and oxygen atoms in total. The molecule has 1 aromatic carbocycles. The van der Waals surface area contributed by atoms with Crippen molar-refractivity contribution in [2.24, 2.45) is 0 Å². The highest BCUT2D eigenvalue weighted by Crippen LogP contribution is 2.30. The fourth-order valence-electron chi connectivity index (χ4n) is 1.78. The first-order chi connectivity index (χ1) is 9.17. The molecule has 1 heterocycles. The van der Waals surface area contributed by atoms with Crippen LogP contribution in [0, 0.1) is 0 Å². The van der Waals surface area contributed by atoms with Crippen molar-refractivity contribution in [2.75, 3.05) is 19.5 Å². The Morgan fingerprint density at radius 3 is 2.95 bits per heavy atom. The molecule has 0 aliphatic rings. The number of hydrogen-bond donors (Lipinski definition) is 2. The SMILES string of the molecule is CCOC(=O)c1[nH]nc(N)c1-c1cccc(OC)c1. The highest BCUT2D eigenvalue weighted by Gasteiger charge is 2.20. The molecule has 0 saturated heterocycles. The molecule has 0 bridgehead atoms. The molecule has 100 valence electrons. The number of ether oxygens (including phenoxy) is 2. The molecule has 0 radical (unpaired) electrons. The van der Waals surface area contributed by atoms with Crippen LogP contribution in [0.4, 0.5) is 5.82 Å². The van der Waals surface area contributed by atoms with Crippen molar-refractivity contribution in [3.8, 4) is 16.9 Å². The van der Waals surface area contributed by atoms with E-state index in [0.717, 1.165) is 5.56 Å². The minimum Gasteiger partial charge on any atom is -0.497 e. The minimum absolute atomic E-state index is 0.243. The van der Waals surface area contributed by atoms with Gasteiger partial charge in [0.1, 0.15) is 5.75 Å². The Bertz CT molecular complexity index is 593. The normalized spacial score (nSPS) is 10.2. The lowest BCUT2D eigenvalue weighted by Crippen LogP contribution is -2.06. The second-order valence-electron chi connectivity index (χ2n) is 3.81. The summed E-state index contributed by atoms with van der Waals surface area (Å²) in [5.74, 6) is 0.439. The van der Waals surface area contributed by atoms with Gasteiger partial charge in [0.05, 0.1) is 19.3 Å². The van der Waals surface area contributed by atoms with Gasteiger partial charge >= 0.3 is 5.97 Å². The van der Waals surface area contributed by atoms with Gasteiger partial charge in [-0.05, 0) is 24.6 Å². The molecular formula is C13H15N3O3. The van der Waals surface area contributed by atoms with Crippen molar-refractivity contribution in [3.63, 3.8) is 0 Å². The molecule has 19 heavy (non-hydrogen) atoms. The molecule has 0 saturated carbocycles. The summed E-state index contributed by atoms with van der Waals surface area (Å²) in [7, 11) is 1.57. The Hall–Kier alpha value is -2.50. The minimum atomic E-state index is -0.482. The molecule has 0 fully saturated rings. The van der Waals surface area contributed by atoms with Gasteiger partial charge in [0.15, 0.2) is 11.5 Å². The van der Waals surface area contributed by atoms with Crippen molar-refractivity contribution >= 4 is 11.8 Å². The van der Waals surface area contributed by atoms with Gasteiger partial charge < -0.3 is 15.2 Å². The summed E-state index contributed by atoms with van der Waals surface area (Å²) in [4.78, 5) is 11.8. The van der Waals surface area contributed by atoms with Crippen LogP contribution in [0.2, 0.25) is 0 Å². The van der Waals surface area contributed by atoms with Crippen molar-refractivity contribution in [1.29, 1.82) is 0 Å². The third-order valence-electron chi connectivity index (χ3n) is 2.63. The summed E-state index contributed by atoms with van der Waals surface area (Å²) in [6, 6.07) is 7.23. The summed E-state index contributed by atoms with van der Waals surface area (Å²) in [6.07, 6.45) is 0. The molecule has 3 N–H and O–H groups in total. The maximum absolute atomic E-state index is 11.8. The molecule has 1 aromatic heterocycles. The Morgan fingerprint density at radius 2 is 2.26 bits per heavy atom. The summed E-state index contributed by atoms with van der Waals surface area (Å²) < 4.78 is 10.1. The highest BCUT2D eigenvalue weighted by atomic mass is 16.5. The zero-order chi connectivity index (χ0) is 13.8. The number of nitrogens with two attached hydrogens (primary N) is 1. The number of hydrogen-bond acceptors (Lipinski definition) is 5. The first kappa shape index (κ1) is 12.9. The van der Waals surface area contributed by atoms with Crippen LogP contribution < -0.4 is 10.5 Å². The predicted molar refractivity (Wildman–Crippen MR) is 70.9 cm³/mol. The van der Waals surface area contributed by atoms with Gasteiger partial charge in [0, 0.05) is 0 Å². The van der Waals surface area contributed by atoms with E-state index < -0.39 is 5.97 Å². The summed E-state index contributed by atoms with van der Waals surface area (Å²) >= 11 is 0. The highest BCUT2D eigenvalue weighted by molar-refractivity contribution is 5.98. The van der Waals surface area contributed by atoms with Gasteiger partial charge in [-0.1, -0.05) is 12.1 Å². The molecule has 6 heteroatoms. The van der Waals surface area contributed by atoms with E-state index in [1.54, 1.807) is 20.1 Å². The quantitative estimate of drug-likeness (QED) is 0.819. The summed E-state index contributed by atoms with van der Waals surface area (Å²) in [5, 5.41) is 6.47. The number of aromatic nitrogens is 2. The van der Waals surface area contributed by atoms with Crippen LogP contribution >= 0.6 is 0 Å². The lowest BCUT2D eigenvalue weighted by molar-refractivity contribution is 0.0520. The maximum atomic E-state index is 11.8. The van der Waals surface area contributed by atoms with Gasteiger partial charge in [-0.25, -0.2) is 4.79 Å². The van der Waals surface area contributed by atoms with Gasteiger partial charge in [-0.15, -0.1) is 0 Å². The number of methoxy groups -OCH3 is 1. The van der Waals surface area contributed by atoms with E-state index >= 15 is 0 Å². The number of benzene rings is 1. The van der Waals surface area contributed by atoms with E-state index in [-0.39, 0.29) is 18.1 Å². The number of esters is 1. The van der Waals surface area contributed by atoms with E-state index in [4.69, 9.17) is 15.2 Å². The lowest BCUT2D eigenvalue weighted by Gasteiger charge is -2.06. The van der Waals surface area contributed by atoms with Crippen molar-refractivity contribution in [1.82, 2.24) is 10.2 Å². The zero-order valence-corrected chi connectivity index (χ0v) is 10.8. The van der Waals surface area contributed by atoms with Gasteiger partial charge in [0.2, 0.25) is 0 Å². The van der Waals surface area contributed by atoms with Gasteiger partial charge in [0.25, 0.3) is 0 Å². The van der Waals surface area contributed by atoms with Crippen LogP contribution in [-0.2, 0) is 4.74 Å². The lowest BCUT2D eigenvalue weighted by atomic mass is 10.1. The average Bonchev–Trinajstić information content (AvgIpc) is 2.81. The maximum Gasteiger partial charge on any atom is 0.357 e. The van der Waals surface area contributed by atoms with Crippen LogP contribution in [0.25, 0.3) is 11.1 Å². The molecule has 0 atom stereocenters. The second-order valence-corrected chi connectivity index (χ2v) is 3.81. The fourth-order valence-corrected chi connectivity index (χ4v) is 1.78. The first-order valence-corrected chi connectivity index (χ1v) is 5.82. The molecule has 0 aliphatic heterocycles. The van der Waals surface area contributed by atoms with Crippen LogP contribution in [0.15, 0.2) is 24.3 Å². The standard InChI is InChI=1S/C13H15N3O3/c1-3-19-13(17)11-10(12(14)16-15-11)8-5-4-6-9(7-8)18-2/h4-7H,3H2,1-2H3,(H3,14,15,16).